The van der Waals surface area contributed by atoms with Crippen molar-refractivity contribution in [3.63, 3.8) is 0 Å². The van der Waals surface area contributed by atoms with E-state index in [0.29, 0.717) is 0 Å². The van der Waals surface area contributed by atoms with Gasteiger partial charge in [-0.25, -0.2) is 0 Å². The van der Waals surface area contributed by atoms with Gasteiger partial charge in [-0.3, -0.25) is 0 Å². The first-order chi connectivity index (χ1) is 5.29. The molecule has 1 heterocycles. The van der Waals surface area contributed by atoms with Gasteiger partial charge in [0.2, 0.25) is 0 Å². The molecule has 0 saturated heterocycles. The Morgan fingerprint density at radius 1 is 0.909 bits per heavy atom. The third kappa shape index (κ3) is 0.845. The summed E-state index contributed by atoms with van der Waals surface area (Å²) in [6, 6.07) is 4.25. The molecule has 0 amide bonds. The lowest BCUT2D eigenvalue weighted by molar-refractivity contribution is 0.547. The van der Waals surface area contributed by atoms with E-state index in [-0.39, 0.29) is 0 Å². The summed E-state index contributed by atoms with van der Waals surface area (Å²) >= 11 is 0. The molecule has 0 N–H and O–H groups in total. The fourth-order valence-corrected chi connectivity index (χ4v) is 1.37. The van der Waals surface area contributed by atoms with Crippen LogP contribution in [0.3, 0.4) is 0 Å². The standard InChI is InChI=1S/C10H10O/c1-7-3-4-9-8(2)5-11-6-10(7)9/h3-6H,1-2H3. The molecule has 1 aliphatic carbocycles. The van der Waals surface area contributed by atoms with Gasteiger partial charge in [-0.2, -0.15) is 0 Å². The summed E-state index contributed by atoms with van der Waals surface area (Å²) in [6.45, 7) is 4.16. The molecule has 2 rings (SSSR count). The van der Waals surface area contributed by atoms with Crippen molar-refractivity contribution < 1.29 is 4.42 Å². The minimum absolute atomic E-state index is 1.20. The van der Waals surface area contributed by atoms with Gasteiger partial charge in [0, 0.05) is 5.56 Å². The van der Waals surface area contributed by atoms with Crippen molar-refractivity contribution in [2.45, 2.75) is 13.8 Å². The summed E-state index contributed by atoms with van der Waals surface area (Å²) in [5.41, 5.74) is 5.02. The molecular weight excluding hydrogens is 136 g/mol. The summed E-state index contributed by atoms with van der Waals surface area (Å²) in [4.78, 5) is 0. The molecule has 0 aromatic carbocycles. The Morgan fingerprint density at radius 3 is 2.45 bits per heavy atom. The van der Waals surface area contributed by atoms with E-state index >= 15 is 0 Å². The molecule has 2 aliphatic rings. The molecule has 0 unspecified atom stereocenters. The third-order valence-electron chi connectivity index (χ3n) is 2.07. The smallest absolute Gasteiger partial charge is 0.0982 e. The molecule has 11 heavy (non-hydrogen) atoms. The zero-order chi connectivity index (χ0) is 7.84. The van der Waals surface area contributed by atoms with Crippen LogP contribution < -0.4 is 0 Å². The second kappa shape index (κ2) is 2.12. The summed E-state index contributed by atoms with van der Waals surface area (Å²) in [5, 5.41) is 0. The molecule has 0 aromatic heterocycles. The van der Waals surface area contributed by atoms with Gasteiger partial charge in [-0.05, 0) is 30.5 Å². The van der Waals surface area contributed by atoms with Gasteiger partial charge < -0.3 is 4.42 Å². The van der Waals surface area contributed by atoms with Gasteiger partial charge >= 0.3 is 0 Å². The van der Waals surface area contributed by atoms with Crippen LogP contribution in [0.4, 0.5) is 0 Å². The van der Waals surface area contributed by atoms with Crippen LogP contribution in [0.1, 0.15) is 11.1 Å². The first-order valence-corrected chi connectivity index (χ1v) is 3.71. The fourth-order valence-electron chi connectivity index (χ4n) is 1.37. The highest BCUT2D eigenvalue weighted by molar-refractivity contribution is 5.71. The molecule has 0 radical (unpaired) electrons. The number of rotatable bonds is 0. The van der Waals surface area contributed by atoms with E-state index in [2.05, 4.69) is 26.0 Å². The van der Waals surface area contributed by atoms with Crippen molar-refractivity contribution in [2.24, 2.45) is 0 Å². The maximum atomic E-state index is 5.16. The third-order valence-corrected chi connectivity index (χ3v) is 2.07. The van der Waals surface area contributed by atoms with Crippen molar-refractivity contribution in [3.05, 3.63) is 35.8 Å². The Balaban J connectivity index is 2.79. The van der Waals surface area contributed by atoms with E-state index in [1.165, 1.54) is 22.3 Å². The predicted octanol–water partition coefficient (Wildman–Crippen LogP) is 3.00. The summed E-state index contributed by atoms with van der Waals surface area (Å²) in [6.07, 6.45) is 3.58. The fraction of sp³-hybridized carbons (Fsp3) is 0.200. The molecule has 0 saturated carbocycles. The van der Waals surface area contributed by atoms with Crippen molar-refractivity contribution in [2.75, 3.05) is 0 Å². The lowest BCUT2D eigenvalue weighted by Crippen LogP contribution is -1.79. The Morgan fingerprint density at radius 2 is 1.73 bits per heavy atom. The van der Waals surface area contributed by atoms with E-state index in [0.717, 1.165) is 0 Å². The molecule has 1 heteroatoms. The maximum Gasteiger partial charge on any atom is 0.0982 e. The average molecular weight is 146 g/mol. The van der Waals surface area contributed by atoms with Crippen LogP contribution in [0.15, 0.2) is 29.1 Å². The van der Waals surface area contributed by atoms with Gasteiger partial charge in [0.25, 0.3) is 0 Å². The monoisotopic (exact) mass is 146 g/mol. The minimum Gasteiger partial charge on any atom is -0.472 e. The maximum absolute atomic E-state index is 5.16. The van der Waals surface area contributed by atoms with Crippen LogP contribution in [0, 0.1) is 13.8 Å². The zero-order valence-electron chi connectivity index (χ0n) is 6.72. The zero-order valence-corrected chi connectivity index (χ0v) is 6.72. The highest BCUT2D eigenvalue weighted by Gasteiger charge is 2.08. The van der Waals surface area contributed by atoms with Crippen LogP contribution in [-0.4, -0.2) is 0 Å². The van der Waals surface area contributed by atoms with Crippen molar-refractivity contribution in [3.8, 4) is 11.1 Å². The van der Waals surface area contributed by atoms with Crippen LogP contribution >= 0.6 is 0 Å². The number of hydrogen-bond acceptors (Lipinski definition) is 1. The molecule has 1 aliphatic heterocycles. The molecule has 0 bridgehead atoms. The summed E-state index contributed by atoms with van der Waals surface area (Å²) < 4.78 is 5.16. The van der Waals surface area contributed by atoms with E-state index in [4.69, 9.17) is 4.42 Å². The number of aryl methyl sites for hydroxylation is 2. The minimum atomic E-state index is 1.20. The normalized spacial score (nSPS) is 10.7. The first kappa shape index (κ1) is 6.47. The van der Waals surface area contributed by atoms with Gasteiger partial charge in [0.05, 0.1) is 12.5 Å². The van der Waals surface area contributed by atoms with E-state index in [9.17, 15) is 0 Å². The largest absolute Gasteiger partial charge is 0.472 e. The first-order valence-electron chi connectivity index (χ1n) is 3.71. The van der Waals surface area contributed by atoms with E-state index in [1.54, 1.807) is 12.5 Å². The Hall–Kier alpha value is -1.24. The second-order valence-corrected chi connectivity index (χ2v) is 2.90. The Bertz CT molecular complexity index is 346. The number of fused-ring (bicyclic) bond motifs is 1. The SMILES string of the molecule is Cc1cocc2c(C)ccc1-2. The predicted molar refractivity (Wildman–Crippen MR) is 44.8 cm³/mol. The molecule has 1 nitrogen and oxygen atoms in total. The van der Waals surface area contributed by atoms with E-state index < -0.39 is 0 Å². The van der Waals surface area contributed by atoms with Crippen LogP contribution in [0.25, 0.3) is 11.1 Å². The average Bonchev–Trinajstić information content (AvgIpc) is 2.35. The molecule has 0 fully saturated rings. The quantitative estimate of drug-likeness (QED) is 0.556. The van der Waals surface area contributed by atoms with Gasteiger partial charge in [-0.15, -0.1) is 0 Å². The highest BCUT2D eigenvalue weighted by Crippen LogP contribution is 2.29. The van der Waals surface area contributed by atoms with E-state index in [1.807, 2.05) is 0 Å². The topological polar surface area (TPSA) is 13.1 Å². The van der Waals surface area contributed by atoms with Crippen LogP contribution in [-0.2, 0) is 0 Å². The summed E-state index contributed by atoms with van der Waals surface area (Å²) in [5.74, 6) is 0. The van der Waals surface area contributed by atoms with Gasteiger partial charge in [0.15, 0.2) is 0 Å². The number of hydrogen-bond donors (Lipinski definition) is 0. The van der Waals surface area contributed by atoms with Crippen LogP contribution in [0.5, 0.6) is 0 Å². The molecule has 0 spiro atoms. The Kier molecular flexibility index (Phi) is 1.25. The summed E-state index contributed by atoms with van der Waals surface area (Å²) in [7, 11) is 0. The molecule has 0 aromatic rings. The molecule has 56 valence electrons. The highest BCUT2D eigenvalue weighted by atomic mass is 16.3. The van der Waals surface area contributed by atoms with Gasteiger partial charge in [-0.1, -0.05) is 12.1 Å². The van der Waals surface area contributed by atoms with Gasteiger partial charge in [0.1, 0.15) is 0 Å². The van der Waals surface area contributed by atoms with Crippen molar-refractivity contribution in [1.82, 2.24) is 0 Å². The lowest BCUT2D eigenvalue weighted by atomic mass is 10.1. The molecular formula is C10H10O. The van der Waals surface area contributed by atoms with Crippen molar-refractivity contribution >= 4 is 0 Å². The molecule has 0 atom stereocenters. The second-order valence-electron chi connectivity index (χ2n) is 2.90. The van der Waals surface area contributed by atoms with Crippen molar-refractivity contribution in [1.29, 1.82) is 0 Å². The van der Waals surface area contributed by atoms with Crippen LogP contribution in [0.2, 0.25) is 0 Å². The lowest BCUT2D eigenvalue weighted by Gasteiger charge is -2.01. The Labute approximate surface area is 66.0 Å².